The first-order chi connectivity index (χ1) is 14.1. The first-order valence-electron chi connectivity index (χ1n) is 9.36. The maximum Gasteiger partial charge on any atom is 0.387 e. The summed E-state index contributed by atoms with van der Waals surface area (Å²) in [5.74, 6) is -0.360. The molecule has 1 saturated heterocycles. The second-order valence-electron chi connectivity index (χ2n) is 6.53. The predicted molar refractivity (Wildman–Crippen MR) is 104 cm³/mol. The van der Waals surface area contributed by atoms with Crippen LogP contribution in [0.4, 0.5) is 8.78 Å². The lowest BCUT2D eigenvalue weighted by atomic mass is 10.0. The van der Waals surface area contributed by atoms with Gasteiger partial charge in [-0.2, -0.15) is 8.78 Å². The van der Waals surface area contributed by atoms with E-state index in [9.17, 15) is 13.6 Å². The highest BCUT2D eigenvalue weighted by Crippen LogP contribution is 2.29. The number of benzene rings is 2. The lowest BCUT2D eigenvalue weighted by Gasteiger charge is -2.35. The van der Waals surface area contributed by atoms with Gasteiger partial charge in [-0.25, -0.2) is 0 Å². The van der Waals surface area contributed by atoms with Crippen LogP contribution in [0.3, 0.4) is 0 Å². The van der Waals surface area contributed by atoms with E-state index in [1.807, 2.05) is 30.3 Å². The highest BCUT2D eigenvalue weighted by atomic mass is 19.3. The highest BCUT2D eigenvalue weighted by Gasteiger charge is 2.23. The summed E-state index contributed by atoms with van der Waals surface area (Å²) in [6.45, 7) is 0.302. The number of nitrogens with zero attached hydrogens (tertiary/aromatic N) is 1. The second kappa shape index (κ2) is 10.2. The van der Waals surface area contributed by atoms with E-state index < -0.39 is 6.61 Å². The zero-order valence-corrected chi connectivity index (χ0v) is 16.1. The number of ether oxygens (including phenoxy) is 3. The minimum Gasteiger partial charge on any atom is -0.493 e. The van der Waals surface area contributed by atoms with E-state index in [2.05, 4.69) is 15.0 Å². The topological polar surface area (TPSA) is 60.0 Å². The van der Waals surface area contributed by atoms with Gasteiger partial charge >= 0.3 is 6.61 Å². The van der Waals surface area contributed by atoms with Gasteiger partial charge in [-0.3, -0.25) is 9.69 Å². The van der Waals surface area contributed by atoms with Crippen LogP contribution in [-0.2, 0) is 4.74 Å². The van der Waals surface area contributed by atoms with Crippen LogP contribution in [-0.4, -0.2) is 57.4 Å². The summed E-state index contributed by atoms with van der Waals surface area (Å²) in [6, 6.07) is 14.1. The molecule has 1 unspecified atom stereocenters. The average Bonchev–Trinajstić information content (AvgIpc) is 2.75. The number of nitrogens with one attached hydrogen (secondary N) is 1. The molecule has 0 aromatic heterocycles. The summed E-state index contributed by atoms with van der Waals surface area (Å²) in [6.07, 6.45) is 0. The lowest BCUT2D eigenvalue weighted by Crippen LogP contribution is -2.43. The summed E-state index contributed by atoms with van der Waals surface area (Å²) in [5, 5.41) is 2.94. The number of halogens is 2. The highest BCUT2D eigenvalue weighted by molar-refractivity contribution is 5.94. The Morgan fingerprint density at radius 1 is 1.14 bits per heavy atom. The molecule has 1 heterocycles. The van der Waals surface area contributed by atoms with E-state index >= 15 is 0 Å². The molecule has 1 aliphatic heterocycles. The Morgan fingerprint density at radius 3 is 2.52 bits per heavy atom. The quantitative estimate of drug-likeness (QED) is 0.730. The van der Waals surface area contributed by atoms with Crippen LogP contribution in [0.1, 0.15) is 22.0 Å². The first-order valence-corrected chi connectivity index (χ1v) is 9.36. The van der Waals surface area contributed by atoms with E-state index in [0.29, 0.717) is 25.3 Å². The molecule has 1 amide bonds. The summed E-state index contributed by atoms with van der Waals surface area (Å²) in [7, 11) is 1.33. The van der Waals surface area contributed by atoms with Gasteiger partial charge in [0.25, 0.3) is 5.91 Å². The van der Waals surface area contributed by atoms with Crippen LogP contribution in [0.2, 0.25) is 0 Å². The Kier molecular flexibility index (Phi) is 7.37. The molecule has 1 N–H and O–H groups in total. The number of morpholine rings is 1. The van der Waals surface area contributed by atoms with Crippen molar-refractivity contribution in [1.29, 1.82) is 0 Å². The molecule has 0 spiro atoms. The van der Waals surface area contributed by atoms with Crippen molar-refractivity contribution in [2.24, 2.45) is 0 Å². The van der Waals surface area contributed by atoms with Gasteiger partial charge in [0.15, 0.2) is 11.5 Å². The minimum absolute atomic E-state index is 0.00684. The number of hydrogen-bond donors (Lipinski definition) is 1. The van der Waals surface area contributed by atoms with E-state index in [1.165, 1.54) is 25.3 Å². The van der Waals surface area contributed by atoms with E-state index in [1.54, 1.807) is 0 Å². The van der Waals surface area contributed by atoms with Gasteiger partial charge in [0.05, 0.1) is 26.4 Å². The van der Waals surface area contributed by atoms with Crippen LogP contribution < -0.4 is 14.8 Å². The van der Waals surface area contributed by atoms with Gasteiger partial charge in [0.1, 0.15) is 0 Å². The van der Waals surface area contributed by atoms with Crippen molar-refractivity contribution in [2.45, 2.75) is 12.7 Å². The smallest absolute Gasteiger partial charge is 0.387 e. The van der Waals surface area contributed by atoms with Crippen molar-refractivity contribution >= 4 is 5.91 Å². The molecule has 1 atom stereocenters. The maximum atomic E-state index is 12.7. The molecule has 0 aliphatic carbocycles. The molecule has 29 heavy (non-hydrogen) atoms. The van der Waals surface area contributed by atoms with Gasteiger partial charge in [-0.1, -0.05) is 30.3 Å². The zero-order chi connectivity index (χ0) is 20.6. The lowest BCUT2D eigenvalue weighted by molar-refractivity contribution is -0.0512. The van der Waals surface area contributed by atoms with Crippen molar-refractivity contribution in [1.82, 2.24) is 10.2 Å². The summed E-state index contributed by atoms with van der Waals surface area (Å²) < 4.78 is 39.8. The number of carbonyl (C=O) groups excluding carboxylic acids is 1. The molecule has 1 fully saturated rings. The Balaban J connectivity index is 1.71. The van der Waals surface area contributed by atoms with Crippen molar-refractivity contribution < 1.29 is 27.8 Å². The summed E-state index contributed by atoms with van der Waals surface area (Å²) in [4.78, 5) is 14.9. The molecule has 3 rings (SSSR count). The first kappa shape index (κ1) is 21.0. The Hall–Kier alpha value is -2.71. The average molecular weight is 406 g/mol. The zero-order valence-electron chi connectivity index (χ0n) is 16.1. The molecular weight excluding hydrogens is 382 g/mol. The third kappa shape index (κ3) is 5.65. The molecule has 0 saturated carbocycles. The van der Waals surface area contributed by atoms with Crippen LogP contribution in [0.15, 0.2) is 48.5 Å². The number of amides is 1. The molecule has 156 valence electrons. The molecule has 2 aromatic carbocycles. The van der Waals surface area contributed by atoms with Crippen molar-refractivity contribution in [3.8, 4) is 11.5 Å². The molecule has 6 nitrogen and oxygen atoms in total. The fraction of sp³-hybridized carbons (Fsp3) is 0.381. The van der Waals surface area contributed by atoms with E-state index in [-0.39, 0.29) is 23.4 Å². The minimum atomic E-state index is -2.97. The summed E-state index contributed by atoms with van der Waals surface area (Å²) >= 11 is 0. The van der Waals surface area contributed by atoms with Gasteiger partial charge < -0.3 is 19.5 Å². The predicted octanol–water partition coefficient (Wildman–Crippen LogP) is 3.10. The van der Waals surface area contributed by atoms with Crippen molar-refractivity contribution in [3.05, 3.63) is 59.7 Å². The second-order valence-corrected chi connectivity index (χ2v) is 6.53. The largest absolute Gasteiger partial charge is 0.493 e. The SMILES string of the molecule is COc1cc(C(=O)NCC(c2ccccc2)N2CCOCC2)ccc1OC(F)F. The molecule has 1 aliphatic rings. The van der Waals surface area contributed by atoms with Crippen molar-refractivity contribution in [2.75, 3.05) is 40.0 Å². The maximum absolute atomic E-state index is 12.7. The monoisotopic (exact) mass is 406 g/mol. The fourth-order valence-electron chi connectivity index (χ4n) is 3.32. The Labute approximate surface area is 168 Å². The van der Waals surface area contributed by atoms with Gasteiger partial charge in [0.2, 0.25) is 0 Å². The third-order valence-corrected chi connectivity index (χ3v) is 4.77. The van der Waals surface area contributed by atoms with Gasteiger partial charge in [-0.15, -0.1) is 0 Å². The van der Waals surface area contributed by atoms with E-state index in [0.717, 1.165) is 18.7 Å². The molecule has 2 aromatic rings. The van der Waals surface area contributed by atoms with Crippen LogP contribution in [0, 0.1) is 0 Å². The normalized spacial score (nSPS) is 15.7. The molecular formula is C21H24F2N2O4. The third-order valence-electron chi connectivity index (χ3n) is 4.77. The summed E-state index contributed by atoms with van der Waals surface area (Å²) in [5.41, 5.74) is 1.41. The molecule has 8 heteroatoms. The van der Waals surface area contributed by atoms with Crippen LogP contribution in [0.25, 0.3) is 0 Å². The van der Waals surface area contributed by atoms with Crippen LogP contribution in [0.5, 0.6) is 11.5 Å². The Bertz CT molecular complexity index is 799. The molecule has 0 radical (unpaired) electrons. The number of rotatable bonds is 8. The molecule has 0 bridgehead atoms. The van der Waals surface area contributed by atoms with E-state index in [4.69, 9.17) is 9.47 Å². The Morgan fingerprint density at radius 2 is 1.86 bits per heavy atom. The number of carbonyl (C=O) groups is 1. The number of alkyl halides is 2. The number of methoxy groups -OCH3 is 1. The standard InChI is InChI=1S/C21H24F2N2O4/c1-27-19-13-16(7-8-18(19)29-21(22)23)20(26)24-14-17(15-5-3-2-4-6-15)25-9-11-28-12-10-25/h2-8,13,17,21H,9-12,14H2,1H3,(H,24,26). The fourth-order valence-corrected chi connectivity index (χ4v) is 3.32. The number of hydrogen-bond acceptors (Lipinski definition) is 5. The van der Waals surface area contributed by atoms with Crippen molar-refractivity contribution in [3.63, 3.8) is 0 Å². The van der Waals surface area contributed by atoms with Gasteiger partial charge in [-0.05, 0) is 23.8 Å². The van der Waals surface area contributed by atoms with Crippen LogP contribution >= 0.6 is 0 Å². The van der Waals surface area contributed by atoms with Gasteiger partial charge in [0, 0.05) is 25.2 Å².